The molecule has 2 heterocycles. The van der Waals surface area contributed by atoms with Crippen LogP contribution in [0.2, 0.25) is 0 Å². The van der Waals surface area contributed by atoms with Crippen molar-refractivity contribution in [3.8, 4) is 0 Å². The number of Topliss-reactive ketones (excluding diaryl/α,β-unsaturated/α-hetero) is 1. The first kappa shape index (κ1) is 17.3. The van der Waals surface area contributed by atoms with Crippen molar-refractivity contribution in [3.05, 3.63) is 46.7 Å². The molecule has 4 rings (SSSR count). The quantitative estimate of drug-likeness (QED) is 0.816. The number of anilines is 1. The Morgan fingerprint density at radius 1 is 1.31 bits per heavy atom. The van der Waals surface area contributed by atoms with Gasteiger partial charge in [-0.25, -0.2) is 4.68 Å². The number of aryl methyl sites for hydroxylation is 1. The molecule has 1 unspecified atom stereocenters. The van der Waals surface area contributed by atoms with Crippen molar-refractivity contribution in [2.45, 2.75) is 51.7 Å². The van der Waals surface area contributed by atoms with Crippen LogP contribution < -0.4 is 5.32 Å². The third-order valence-corrected chi connectivity index (χ3v) is 5.79. The van der Waals surface area contributed by atoms with E-state index < -0.39 is 0 Å². The normalized spacial score (nSPS) is 21.2. The topological polar surface area (TPSA) is 59.8 Å². The van der Waals surface area contributed by atoms with Crippen LogP contribution in [0.25, 0.3) is 0 Å². The van der Waals surface area contributed by atoms with Gasteiger partial charge in [0, 0.05) is 17.7 Å². The monoisotopic (exact) mass is 368 g/mol. The van der Waals surface area contributed by atoms with E-state index in [-0.39, 0.29) is 17.2 Å². The van der Waals surface area contributed by atoms with Gasteiger partial charge in [-0.2, -0.15) is 4.98 Å². The number of allylic oxidation sites excluding steroid dienone is 2. The first-order valence-corrected chi connectivity index (χ1v) is 10.1. The highest BCUT2D eigenvalue weighted by Gasteiger charge is 2.42. The first-order chi connectivity index (χ1) is 12.4. The number of fused-ring (bicyclic) bond motifs is 1. The van der Waals surface area contributed by atoms with Gasteiger partial charge in [0.15, 0.2) is 5.78 Å². The Hall–Kier alpha value is -2.08. The van der Waals surface area contributed by atoms with E-state index in [0.29, 0.717) is 6.42 Å². The molecule has 0 amide bonds. The first-order valence-electron chi connectivity index (χ1n) is 9.08. The minimum atomic E-state index is -0.204. The number of nitrogens with one attached hydrogen (secondary N) is 1. The summed E-state index contributed by atoms with van der Waals surface area (Å²) in [6, 6.07) is 8.04. The lowest BCUT2D eigenvalue weighted by Crippen LogP contribution is -2.36. The molecule has 0 saturated carbocycles. The fourth-order valence-electron chi connectivity index (χ4n) is 3.96. The van der Waals surface area contributed by atoms with E-state index in [1.54, 1.807) is 11.8 Å². The van der Waals surface area contributed by atoms with Gasteiger partial charge >= 0.3 is 0 Å². The molecule has 1 aromatic carbocycles. The zero-order chi connectivity index (χ0) is 18.5. The van der Waals surface area contributed by atoms with Gasteiger partial charge in [-0.3, -0.25) is 4.79 Å². The Labute approximate surface area is 158 Å². The summed E-state index contributed by atoms with van der Waals surface area (Å²) in [7, 11) is 0. The molecule has 6 heteroatoms. The van der Waals surface area contributed by atoms with E-state index >= 15 is 0 Å². The highest BCUT2D eigenvalue weighted by molar-refractivity contribution is 7.99. The van der Waals surface area contributed by atoms with Crippen LogP contribution in [0.15, 0.2) is 40.7 Å². The minimum absolute atomic E-state index is 0.0393. The predicted octanol–water partition coefficient (Wildman–Crippen LogP) is 4.36. The number of hydrogen-bond donors (Lipinski definition) is 1. The lowest BCUT2D eigenvalue weighted by atomic mass is 9.73. The van der Waals surface area contributed by atoms with Gasteiger partial charge < -0.3 is 5.32 Å². The predicted molar refractivity (Wildman–Crippen MR) is 104 cm³/mol. The van der Waals surface area contributed by atoms with Crippen LogP contribution >= 0.6 is 11.8 Å². The van der Waals surface area contributed by atoms with E-state index in [9.17, 15) is 4.79 Å². The Morgan fingerprint density at radius 2 is 2.08 bits per heavy atom. The SMILES string of the molecule is CCSc1nc2n(n1)C(c1ccccc1C)C1=C(CC(C)(C)CC1=O)N2. The van der Waals surface area contributed by atoms with E-state index in [1.165, 1.54) is 0 Å². The van der Waals surface area contributed by atoms with Gasteiger partial charge in [0.2, 0.25) is 11.1 Å². The Bertz CT molecular complexity index is 912. The van der Waals surface area contributed by atoms with Crippen LogP contribution in [0, 0.1) is 12.3 Å². The molecule has 2 aromatic rings. The largest absolute Gasteiger partial charge is 0.328 e. The number of aromatic nitrogens is 3. The highest BCUT2D eigenvalue weighted by atomic mass is 32.2. The molecule has 1 atom stereocenters. The smallest absolute Gasteiger partial charge is 0.227 e. The summed E-state index contributed by atoms with van der Waals surface area (Å²) < 4.78 is 1.90. The molecule has 0 radical (unpaired) electrons. The van der Waals surface area contributed by atoms with Crippen molar-refractivity contribution in [3.63, 3.8) is 0 Å². The molecule has 136 valence electrons. The number of benzene rings is 1. The van der Waals surface area contributed by atoms with Gasteiger partial charge in [-0.05, 0) is 35.6 Å². The van der Waals surface area contributed by atoms with Crippen molar-refractivity contribution in [1.82, 2.24) is 14.8 Å². The molecule has 1 N–H and O–H groups in total. The number of carbonyl (C=O) groups excluding carboxylic acids is 1. The fraction of sp³-hybridized carbons (Fsp3) is 0.450. The molecule has 1 aromatic heterocycles. The molecule has 0 saturated heterocycles. The minimum Gasteiger partial charge on any atom is -0.328 e. The van der Waals surface area contributed by atoms with Crippen LogP contribution in [0.5, 0.6) is 0 Å². The van der Waals surface area contributed by atoms with Gasteiger partial charge in [-0.15, -0.1) is 5.10 Å². The van der Waals surface area contributed by atoms with Crippen molar-refractivity contribution >= 4 is 23.5 Å². The summed E-state index contributed by atoms with van der Waals surface area (Å²) >= 11 is 1.62. The van der Waals surface area contributed by atoms with Crippen LogP contribution in [0.3, 0.4) is 0 Å². The molecule has 2 aliphatic rings. The third kappa shape index (κ3) is 2.86. The van der Waals surface area contributed by atoms with Gasteiger partial charge in [-0.1, -0.05) is 56.8 Å². The number of hydrogen-bond acceptors (Lipinski definition) is 5. The summed E-state index contributed by atoms with van der Waals surface area (Å²) in [4.78, 5) is 17.8. The Balaban J connectivity index is 1.91. The van der Waals surface area contributed by atoms with Crippen LogP contribution in [0.1, 0.15) is 50.8 Å². The molecule has 0 fully saturated rings. The summed E-state index contributed by atoms with van der Waals surface area (Å²) in [6.45, 7) is 8.48. The lowest BCUT2D eigenvalue weighted by molar-refractivity contribution is -0.118. The zero-order valence-electron chi connectivity index (χ0n) is 15.7. The fourth-order valence-corrected chi connectivity index (χ4v) is 4.52. The summed E-state index contributed by atoms with van der Waals surface area (Å²) in [5.74, 6) is 1.86. The number of rotatable bonds is 3. The van der Waals surface area contributed by atoms with Crippen LogP contribution in [-0.2, 0) is 4.79 Å². The summed E-state index contributed by atoms with van der Waals surface area (Å²) in [6.07, 6.45) is 1.41. The van der Waals surface area contributed by atoms with Crippen LogP contribution in [0.4, 0.5) is 5.95 Å². The molecular formula is C20H24N4OS. The molecule has 1 aliphatic heterocycles. The Kier molecular flexibility index (Phi) is 4.18. The van der Waals surface area contributed by atoms with E-state index in [0.717, 1.165) is 45.7 Å². The standard InChI is InChI=1S/C20H24N4OS/c1-5-26-19-22-18-21-14-10-20(3,4)11-15(25)16(14)17(24(18)23-19)13-9-7-6-8-12(13)2/h6-9,17H,5,10-11H2,1-4H3,(H,21,22,23). The molecular weight excluding hydrogens is 344 g/mol. The second-order valence-corrected chi connectivity index (χ2v) is 9.04. The number of thioether (sulfide) groups is 1. The van der Waals surface area contributed by atoms with Crippen molar-refractivity contribution < 1.29 is 4.79 Å². The average Bonchev–Trinajstić information content (AvgIpc) is 2.95. The maximum absolute atomic E-state index is 13.1. The molecule has 26 heavy (non-hydrogen) atoms. The second kappa shape index (κ2) is 6.27. The average molecular weight is 369 g/mol. The van der Waals surface area contributed by atoms with E-state index in [1.807, 2.05) is 16.8 Å². The van der Waals surface area contributed by atoms with Gasteiger partial charge in [0.1, 0.15) is 6.04 Å². The number of carbonyl (C=O) groups is 1. The van der Waals surface area contributed by atoms with Crippen molar-refractivity contribution in [1.29, 1.82) is 0 Å². The molecule has 1 aliphatic carbocycles. The lowest BCUT2D eigenvalue weighted by Gasteiger charge is -2.38. The number of nitrogens with zero attached hydrogens (tertiary/aromatic N) is 3. The highest BCUT2D eigenvalue weighted by Crippen LogP contribution is 2.46. The van der Waals surface area contributed by atoms with E-state index in [2.05, 4.69) is 50.1 Å². The molecule has 5 nitrogen and oxygen atoms in total. The van der Waals surface area contributed by atoms with Crippen molar-refractivity contribution in [2.75, 3.05) is 11.1 Å². The second-order valence-electron chi connectivity index (χ2n) is 7.81. The van der Waals surface area contributed by atoms with Crippen LogP contribution in [-0.4, -0.2) is 26.3 Å². The van der Waals surface area contributed by atoms with Gasteiger partial charge in [0.25, 0.3) is 0 Å². The van der Waals surface area contributed by atoms with Crippen molar-refractivity contribution in [2.24, 2.45) is 5.41 Å². The van der Waals surface area contributed by atoms with E-state index in [4.69, 9.17) is 5.10 Å². The maximum atomic E-state index is 13.1. The molecule has 0 spiro atoms. The zero-order valence-corrected chi connectivity index (χ0v) is 16.5. The summed E-state index contributed by atoms with van der Waals surface area (Å²) in [5.41, 5.74) is 4.10. The number of ketones is 1. The Morgan fingerprint density at radius 3 is 2.81 bits per heavy atom. The summed E-state index contributed by atoms with van der Waals surface area (Å²) in [5, 5.41) is 8.89. The third-order valence-electron chi connectivity index (χ3n) is 5.07. The maximum Gasteiger partial charge on any atom is 0.227 e. The van der Waals surface area contributed by atoms with Gasteiger partial charge in [0.05, 0.1) is 0 Å². The molecule has 0 bridgehead atoms.